The number of benzene rings is 1. The summed E-state index contributed by atoms with van der Waals surface area (Å²) in [7, 11) is -4.09. The van der Waals surface area contributed by atoms with E-state index in [4.69, 9.17) is 5.73 Å². The van der Waals surface area contributed by atoms with Gasteiger partial charge in [0.15, 0.2) is 5.69 Å². The quantitative estimate of drug-likeness (QED) is 0.811. The van der Waals surface area contributed by atoms with Crippen LogP contribution in [0, 0.1) is 12.7 Å². The van der Waals surface area contributed by atoms with Crippen LogP contribution in [0.2, 0.25) is 0 Å². The van der Waals surface area contributed by atoms with Crippen LogP contribution < -0.4 is 5.73 Å². The fourth-order valence-corrected chi connectivity index (χ4v) is 4.54. The normalized spacial score (nSPS) is 21.2. The third-order valence-corrected chi connectivity index (χ3v) is 6.17. The fourth-order valence-electron chi connectivity index (χ4n) is 2.88. The summed E-state index contributed by atoms with van der Waals surface area (Å²) in [5.41, 5.74) is 5.34. The predicted octanol–water partition coefficient (Wildman–Crippen LogP) is 0.626. The molecule has 0 bridgehead atoms. The van der Waals surface area contributed by atoms with Gasteiger partial charge in [-0.1, -0.05) is 11.3 Å². The monoisotopic (exact) mass is 385 g/mol. The maximum Gasteiger partial charge on any atom is 0.270 e. The molecule has 1 amide bonds. The number of sulfonamides is 1. The van der Waals surface area contributed by atoms with E-state index in [0.717, 1.165) is 10.4 Å². The van der Waals surface area contributed by atoms with E-state index in [2.05, 4.69) is 10.3 Å². The second-order valence-electron chi connectivity index (χ2n) is 6.16. The number of hydrogen-bond acceptors (Lipinski definition) is 5. The molecule has 0 spiro atoms. The summed E-state index contributed by atoms with van der Waals surface area (Å²) < 4.78 is 55.6. The van der Waals surface area contributed by atoms with Gasteiger partial charge in [0.2, 0.25) is 10.0 Å². The molecule has 11 heteroatoms. The lowest BCUT2D eigenvalue weighted by atomic mass is 10.2. The minimum Gasteiger partial charge on any atom is -0.364 e. The number of amides is 1. The number of alkyl halides is 1. The lowest BCUT2D eigenvalue weighted by Crippen LogP contribution is -2.38. The minimum absolute atomic E-state index is 0.00568. The van der Waals surface area contributed by atoms with E-state index < -0.39 is 34.0 Å². The van der Waals surface area contributed by atoms with Crippen LogP contribution in [0.5, 0.6) is 0 Å². The van der Waals surface area contributed by atoms with Gasteiger partial charge in [0, 0.05) is 12.6 Å². The Balaban J connectivity index is 1.88. The zero-order valence-electron chi connectivity index (χ0n) is 13.8. The van der Waals surface area contributed by atoms with Gasteiger partial charge in [-0.05, 0) is 31.0 Å². The molecule has 0 aliphatic carbocycles. The van der Waals surface area contributed by atoms with Crippen LogP contribution in [0.25, 0.3) is 0 Å². The number of carbonyl (C=O) groups is 1. The first-order valence-corrected chi connectivity index (χ1v) is 9.24. The van der Waals surface area contributed by atoms with Gasteiger partial charge in [-0.3, -0.25) is 9.48 Å². The highest BCUT2D eigenvalue weighted by atomic mass is 32.2. The number of halogens is 2. The van der Waals surface area contributed by atoms with Crippen LogP contribution in [0.3, 0.4) is 0 Å². The molecule has 0 radical (unpaired) electrons. The van der Waals surface area contributed by atoms with Gasteiger partial charge in [-0.25, -0.2) is 17.2 Å². The Morgan fingerprint density at radius 1 is 1.42 bits per heavy atom. The first kappa shape index (κ1) is 18.4. The van der Waals surface area contributed by atoms with Crippen molar-refractivity contribution >= 4 is 15.9 Å². The smallest absolute Gasteiger partial charge is 0.270 e. The van der Waals surface area contributed by atoms with Crippen LogP contribution in [-0.4, -0.2) is 52.4 Å². The molecule has 0 unspecified atom stereocenters. The molecule has 1 aliphatic rings. The molecule has 1 aliphatic heterocycles. The maximum atomic E-state index is 13.9. The van der Waals surface area contributed by atoms with E-state index in [1.54, 1.807) is 0 Å². The van der Waals surface area contributed by atoms with E-state index in [9.17, 15) is 22.0 Å². The van der Waals surface area contributed by atoms with E-state index in [1.807, 2.05) is 0 Å². The molecule has 8 nitrogen and oxygen atoms in total. The average molecular weight is 385 g/mol. The van der Waals surface area contributed by atoms with Crippen LogP contribution >= 0.6 is 0 Å². The number of aromatic nitrogens is 3. The van der Waals surface area contributed by atoms with Crippen molar-refractivity contribution in [2.45, 2.75) is 37.0 Å². The Kier molecular flexibility index (Phi) is 4.76. The van der Waals surface area contributed by atoms with E-state index in [1.165, 1.54) is 29.9 Å². The van der Waals surface area contributed by atoms with Crippen molar-refractivity contribution in [3.05, 3.63) is 41.5 Å². The number of rotatable bonds is 5. The zero-order chi connectivity index (χ0) is 19.1. The average Bonchev–Trinajstić information content (AvgIpc) is 3.17. The Hall–Kier alpha value is -2.40. The van der Waals surface area contributed by atoms with Crippen molar-refractivity contribution < 1.29 is 22.0 Å². The molecule has 140 valence electrons. The first-order valence-electron chi connectivity index (χ1n) is 7.80. The van der Waals surface area contributed by atoms with Crippen LogP contribution in [0.4, 0.5) is 8.78 Å². The Morgan fingerprint density at radius 2 is 2.15 bits per heavy atom. The van der Waals surface area contributed by atoms with Gasteiger partial charge in [0.05, 0.1) is 17.6 Å². The molecule has 1 fully saturated rings. The predicted molar refractivity (Wildman–Crippen MR) is 86.9 cm³/mol. The third-order valence-electron chi connectivity index (χ3n) is 4.25. The highest BCUT2D eigenvalue weighted by Crippen LogP contribution is 2.29. The fraction of sp³-hybridized carbons (Fsp3) is 0.400. The second kappa shape index (κ2) is 6.72. The van der Waals surface area contributed by atoms with Crippen molar-refractivity contribution in [1.82, 2.24) is 19.3 Å². The van der Waals surface area contributed by atoms with Crippen molar-refractivity contribution in [3.8, 4) is 0 Å². The van der Waals surface area contributed by atoms with Gasteiger partial charge >= 0.3 is 0 Å². The molecule has 2 heterocycles. The lowest BCUT2D eigenvalue weighted by Gasteiger charge is -2.23. The molecule has 1 aromatic heterocycles. The first-order chi connectivity index (χ1) is 12.2. The SMILES string of the molecule is Cc1ccc(S(=O)(=O)N2C[C@@H](F)C[C@H]2Cn2cc(C(N)=O)nn2)cc1F. The summed E-state index contributed by atoms with van der Waals surface area (Å²) in [6.07, 6.45) is -0.131. The van der Waals surface area contributed by atoms with E-state index in [0.29, 0.717) is 5.56 Å². The molecule has 2 atom stereocenters. The highest BCUT2D eigenvalue weighted by Gasteiger charge is 2.41. The number of primary amides is 1. The summed E-state index contributed by atoms with van der Waals surface area (Å²) >= 11 is 0. The van der Waals surface area contributed by atoms with Gasteiger partial charge in [-0.15, -0.1) is 5.10 Å². The Labute approximate surface area is 148 Å². The van der Waals surface area contributed by atoms with Crippen molar-refractivity contribution in [2.75, 3.05) is 6.54 Å². The van der Waals surface area contributed by atoms with E-state index in [-0.39, 0.29) is 30.1 Å². The van der Waals surface area contributed by atoms with Crippen molar-refractivity contribution in [2.24, 2.45) is 5.73 Å². The summed E-state index contributed by atoms with van der Waals surface area (Å²) in [5, 5.41) is 7.27. The lowest BCUT2D eigenvalue weighted by molar-refractivity contribution is 0.0995. The Bertz CT molecular complexity index is 947. The Morgan fingerprint density at radius 3 is 2.77 bits per heavy atom. The van der Waals surface area contributed by atoms with E-state index >= 15 is 0 Å². The minimum atomic E-state index is -4.09. The highest BCUT2D eigenvalue weighted by molar-refractivity contribution is 7.89. The third kappa shape index (κ3) is 3.44. The number of aryl methyl sites for hydroxylation is 1. The summed E-state index contributed by atoms with van der Waals surface area (Å²) in [5.74, 6) is -1.42. The van der Waals surface area contributed by atoms with Crippen LogP contribution in [0.15, 0.2) is 29.3 Å². The molecule has 0 saturated carbocycles. The number of carbonyl (C=O) groups excluding carboxylic acids is 1. The summed E-state index contributed by atoms with van der Waals surface area (Å²) in [4.78, 5) is 10.8. The molecular weight excluding hydrogens is 368 g/mol. The number of hydrogen-bond donors (Lipinski definition) is 1. The molecule has 3 rings (SSSR count). The van der Waals surface area contributed by atoms with Crippen molar-refractivity contribution in [1.29, 1.82) is 0 Å². The largest absolute Gasteiger partial charge is 0.364 e. The molecule has 1 aromatic carbocycles. The van der Waals surface area contributed by atoms with Gasteiger partial charge in [0.1, 0.15) is 12.0 Å². The molecule has 26 heavy (non-hydrogen) atoms. The van der Waals surface area contributed by atoms with Crippen LogP contribution in [0.1, 0.15) is 22.5 Å². The molecule has 1 saturated heterocycles. The van der Waals surface area contributed by atoms with Crippen molar-refractivity contribution in [3.63, 3.8) is 0 Å². The second-order valence-corrected chi connectivity index (χ2v) is 8.05. The molecule has 2 aromatic rings. The summed E-state index contributed by atoms with van der Waals surface area (Å²) in [6.45, 7) is 1.18. The standard InChI is InChI=1S/C15H17F2N5O3S/c1-9-2-3-12(5-13(9)17)26(24,25)22-6-10(16)4-11(22)7-21-8-14(15(18)23)19-20-21/h2-3,5,8,10-11H,4,6-7H2,1H3,(H2,18,23)/t10-,11-/m0/s1. The van der Waals surface area contributed by atoms with Gasteiger partial charge < -0.3 is 5.73 Å². The molecule has 2 N–H and O–H groups in total. The number of nitrogens with two attached hydrogens (primary N) is 1. The molecular formula is C15H17F2N5O3S. The zero-order valence-corrected chi connectivity index (χ0v) is 14.7. The van der Waals surface area contributed by atoms with Gasteiger partial charge in [0.25, 0.3) is 5.91 Å². The maximum absolute atomic E-state index is 13.9. The number of nitrogens with zero attached hydrogens (tertiary/aromatic N) is 4. The van der Waals surface area contributed by atoms with Gasteiger partial charge in [-0.2, -0.15) is 4.31 Å². The summed E-state index contributed by atoms with van der Waals surface area (Å²) in [6, 6.07) is 2.82. The van der Waals surface area contributed by atoms with Crippen LogP contribution in [-0.2, 0) is 16.6 Å². The topological polar surface area (TPSA) is 111 Å².